The first-order chi connectivity index (χ1) is 25.0. The number of hydrogen-bond acceptors (Lipinski definition) is 12. The summed E-state index contributed by atoms with van der Waals surface area (Å²) >= 11 is 0. The van der Waals surface area contributed by atoms with Gasteiger partial charge in [0, 0.05) is 49.5 Å². The van der Waals surface area contributed by atoms with E-state index in [2.05, 4.69) is 13.0 Å². The number of carbonyl (C=O) groups excluding carboxylic acids is 1. The van der Waals surface area contributed by atoms with E-state index in [9.17, 15) is 40.5 Å². The number of aliphatic hydroxyl groups excluding tert-OH is 4. The van der Waals surface area contributed by atoms with Gasteiger partial charge in [-0.05, 0) is 84.6 Å². The molecule has 0 unspecified atom stereocenters. The highest BCUT2D eigenvalue weighted by molar-refractivity contribution is 5.82. The van der Waals surface area contributed by atoms with Crippen molar-refractivity contribution in [2.24, 2.45) is 23.7 Å². The molecule has 15 atom stereocenters. The Balaban J connectivity index is 1.67. The van der Waals surface area contributed by atoms with Crippen molar-refractivity contribution >= 4 is 5.97 Å². The van der Waals surface area contributed by atoms with Crippen LogP contribution in [-0.2, 0) is 23.7 Å². The van der Waals surface area contributed by atoms with Crippen molar-refractivity contribution in [3.63, 3.8) is 0 Å². The number of allylic oxidation sites excluding steroid dienone is 1. The fraction of sp³-hybridized carbons (Fsp3) is 0.881. The van der Waals surface area contributed by atoms with Gasteiger partial charge in [0.15, 0.2) is 11.6 Å². The van der Waals surface area contributed by atoms with Gasteiger partial charge < -0.3 is 54.7 Å². The third-order valence-electron chi connectivity index (χ3n) is 12.9. The maximum Gasteiger partial charge on any atom is 0.330 e. The van der Waals surface area contributed by atoms with Crippen molar-refractivity contribution in [3.05, 3.63) is 24.3 Å². The second kappa shape index (κ2) is 18.0. The van der Waals surface area contributed by atoms with E-state index in [0.717, 1.165) is 37.8 Å². The lowest BCUT2D eigenvalue weighted by Gasteiger charge is -2.52. The van der Waals surface area contributed by atoms with Crippen LogP contribution in [0, 0.1) is 23.7 Å². The lowest BCUT2D eigenvalue weighted by atomic mass is 9.79. The van der Waals surface area contributed by atoms with Crippen LogP contribution >= 0.6 is 0 Å². The van der Waals surface area contributed by atoms with E-state index in [4.69, 9.17) is 18.9 Å². The highest BCUT2D eigenvalue weighted by atomic mass is 16.7. The molecule has 54 heavy (non-hydrogen) atoms. The topological polar surface area (TPSA) is 196 Å². The Labute approximate surface area is 322 Å². The van der Waals surface area contributed by atoms with Gasteiger partial charge in [0.05, 0.1) is 47.8 Å². The van der Waals surface area contributed by atoms with Crippen molar-refractivity contribution in [2.75, 3.05) is 0 Å². The predicted octanol–water partition coefficient (Wildman–Crippen LogP) is 4.58. The Morgan fingerprint density at radius 1 is 0.889 bits per heavy atom. The fourth-order valence-electron chi connectivity index (χ4n) is 8.87. The summed E-state index contributed by atoms with van der Waals surface area (Å²) in [5.74, 6) is -4.98. The Kier molecular flexibility index (Phi) is 15.1. The molecule has 7 N–H and O–H groups in total. The van der Waals surface area contributed by atoms with Crippen molar-refractivity contribution in [2.45, 2.75) is 210 Å². The van der Waals surface area contributed by atoms with Gasteiger partial charge in [-0.1, -0.05) is 52.7 Å². The van der Waals surface area contributed by atoms with E-state index in [-0.39, 0.29) is 37.2 Å². The van der Waals surface area contributed by atoms with E-state index in [1.165, 1.54) is 20.8 Å². The molecule has 0 amide bonds. The van der Waals surface area contributed by atoms with E-state index in [1.54, 1.807) is 0 Å². The largest absolute Gasteiger partial charge is 0.459 e. The molecule has 3 fully saturated rings. The van der Waals surface area contributed by atoms with Crippen molar-refractivity contribution in [1.82, 2.24) is 0 Å². The average molecular weight is 769 g/mol. The first kappa shape index (κ1) is 45.3. The first-order valence-corrected chi connectivity index (χ1v) is 20.5. The van der Waals surface area contributed by atoms with Gasteiger partial charge in [-0.2, -0.15) is 0 Å². The summed E-state index contributed by atoms with van der Waals surface area (Å²) in [6, 6.07) is 0. The molecule has 0 aromatic rings. The van der Waals surface area contributed by atoms with E-state index >= 15 is 0 Å². The summed E-state index contributed by atoms with van der Waals surface area (Å²) in [6.45, 7) is 14.2. The van der Waals surface area contributed by atoms with E-state index in [1.807, 2.05) is 33.8 Å². The van der Waals surface area contributed by atoms with Crippen LogP contribution in [0.1, 0.15) is 139 Å². The molecule has 312 valence electrons. The fourth-order valence-corrected chi connectivity index (χ4v) is 8.87. The van der Waals surface area contributed by atoms with Crippen molar-refractivity contribution in [1.29, 1.82) is 0 Å². The molecule has 2 bridgehead atoms. The highest BCUT2D eigenvalue weighted by Crippen LogP contribution is 2.50. The molecular formula is C42H72O12. The Bertz CT molecular complexity index is 1280. The van der Waals surface area contributed by atoms with E-state index < -0.39 is 82.8 Å². The molecule has 12 nitrogen and oxygen atoms in total. The summed E-state index contributed by atoms with van der Waals surface area (Å²) in [4.78, 5) is 13.5. The summed E-state index contributed by atoms with van der Waals surface area (Å²) in [5, 5.41) is 78.0. The van der Waals surface area contributed by atoms with Crippen molar-refractivity contribution in [3.8, 4) is 0 Å². The Morgan fingerprint density at radius 3 is 2.28 bits per heavy atom. The van der Waals surface area contributed by atoms with Gasteiger partial charge >= 0.3 is 5.97 Å². The maximum atomic E-state index is 13.5. The van der Waals surface area contributed by atoms with Crippen LogP contribution in [0.5, 0.6) is 0 Å². The SMILES string of the molecule is CC[C@H](O)C[C@H]1O[C@]2(CC[C@H]1C)C[C@H]1OC(=O)/C=C/[C@](C)(O)[C@H](O)[C@@H](C)[C@@H](O)C[C@@H](O)[C@](C)(O)CCCCC/C=C/[C@H]3CC(C)(C)O[C@]3(O)C[C@H](O2)[C@H]1C. The van der Waals surface area contributed by atoms with Crippen LogP contribution in [0.3, 0.4) is 0 Å². The van der Waals surface area contributed by atoms with Crippen LogP contribution in [-0.4, -0.2) is 113 Å². The molecular weight excluding hydrogens is 696 g/mol. The quantitative estimate of drug-likeness (QED) is 0.156. The molecule has 4 aliphatic heterocycles. The molecule has 0 aromatic carbocycles. The smallest absolute Gasteiger partial charge is 0.330 e. The Hall–Kier alpha value is -1.45. The highest BCUT2D eigenvalue weighted by Gasteiger charge is 2.57. The van der Waals surface area contributed by atoms with Crippen LogP contribution in [0.25, 0.3) is 0 Å². The summed E-state index contributed by atoms with van der Waals surface area (Å²) < 4.78 is 26.1. The molecule has 0 aliphatic carbocycles. The molecule has 4 heterocycles. The number of ether oxygens (including phenoxy) is 4. The van der Waals surface area contributed by atoms with Gasteiger partial charge in [-0.3, -0.25) is 0 Å². The average Bonchev–Trinajstić information content (AvgIpc) is 3.32. The number of fused-ring (bicyclic) bond motifs is 3. The van der Waals surface area contributed by atoms with Crippen LogP contribution in [0.2, 0.25) is 0 Å². The van der Waals surface area contributed by atoms with Crippen LogP contribution in [0.4, 0.5) is 0 Å². The lowest BCUT2D eigenvalue weighted by molar-refractivity contribution is -0.358. The lowest BCUT2D eigenvalue weighted by Crippen LogP contribution is -2.59. The number of hydrogen-bond donors (Lipinski definition) is 7. The number of rotatable bonds is 3. The van der Waals surface area contributed by atoms with Crippen molar-refractivity contribution < 1.29 is 59.5 Å². The first-order valence-electron chi connectivity index (χ1n) is 20.5. The van der Waals surface area contributed by atoms with Gasteiger partial charge in [0.25, 0.3) is 0 Å². The third kappa shape index (κ3) is 11.4. The minimum atomic E-state index is -1.96. The second-order valence-electron chi connectivity index (χ2n) is 18.4. The summed E-state index contributed by atoms with van der Waals surface area (Å²) in [5.41, 5.74) is -4.05. The zero-order chi connectivity index (χ0) is 40.3. The normalized spacial score (nSPS) is 47.9. The predicted molar refractivity (Wildman–Crippen MR) is 203 cm³/mol. The Morgan fingerprint density at radius 2 is 1.59 bits per heavy atom. The summed E-state index contributed by atoms with van der Waals surface area (Å²) in [7, 11) is 0. The van der Waals surface area contributed by atoms with Gasteiger partial charge in [0.1, 0.15) is 11.7 Å². The molecule has 4 rings (SSSR count). The third-order valence-corrected chi connectivity index (χ3v) is 12.9. The van der Waals surface area contributed by atoms with Gasteiger partial charge in [-0.25, -0.2) is 4.79 Å². The zero-order valence-electron chi connectivity index (χ0n) is 34.0. The molecule has 12 heteroatoms. The zero-order valence-corrected chi connectivity index (χ0v) is 34.0. The molecule has 0 aromatic heterocycles. The molecule has 1 spiro atoms. The standard InChI is InChI=1S/C42H72O12/c1-9-30(43)21-32-26(2)16-20-41(52-32)24-33-28(4)34(53-41)25-42(50)29(23-38(5,6)54-42)15-13-11-10-12-14-18-39(7,48)35(45)22-31(44)27(3)37(47)40(8,49)19-17-36(46)51-33/h13,15,17,19,26-35,37,43-45,47-50H,9-12,14,16,18,20-25H2,1-8H3/b15-13+,19-17+/t26-,27+,28+,29+,30+,31+,32-,33-,34+,35-,37-,39-,40+,41+,42-/m1/s1. The minimum absolute atomic E-state index is 0.0952. The molecule has 4 aliphatic rings. The number of esters is 1. The van der Waals surface area contributed by atoms with E-state index in [0.29, 0.717) is 38.5 Å². The van der Waals surface area contributed by atoms with Crippen LogP contribution < -0.4 is 0 Å². The van der Waals surface area contributed by atoms with Gasteiger partial charge in [-0.15, -0.1) is 0 Å². The monoisotopic (exact) mass is 769 g/mol. The minimum Gasteiger partial charge on any atom is -0.459 e. The molecule has 0 saturated carbocycles. The van der Waals surface area contributed by atoms with Crippen LogP contribution in [0.15, 0.2) is 24.3 Å². The second-order valence-corrected chi connectivity index (χ2v) is 18.4. The number of aliphatic hydroxyl groups is 7. The number of carbonyl (C=O) groups is 1. The molecule has 3 saturated heterocycles. The summed E-state index contributed by atoms with van der Waals surface area (Å²) in [6.07, 6.45) is 6.33. The maximum absolute atomic E-state index is 13.5. The van der Waals surface area contributed by atoms with Gasteiger partial charge in [0.2, 0.25) is 0 Å². The molecule has 0 radical (unpaired) electrons.